The van der Waals surface area contributed by atoms with E-state index in [-0.39, 0.29) is 6.61 Å². The van der Waals surface area contributed by atoms with Gasteiger partial charge in [-0.2, -0.15) is 5.10 Å². The number of rotatable bonds is 3. The van der Waals surface area contributed by atoms with Gasteiger partial charge >= 0.3 is 0 Å². The van der Waals surface area contributed by atoms with Crippen molar-refractivity contribution in [3.63, 3.8) is 0 Å². The average molecular weight is 190 g/mol. The van der Waals surface area contributed by atoms with Crippen LogP contribution in [-0.2, 0) is 13.5 Å². The summed E-state index contributed by atoms with van der Waals surface area (Å²) in [5.74, 6) is 0. The molecule has 0 spiro atoms. The first-order chi connectivity index (χ1) is 6.83. The van der Waals surface area contributed by atoms with E-state index < -0.39 is 0 Å². The molecule has 0 atom stereocenters. The molecule has 0 aliphatic carbocycles. The lowest BCUT2D eigenvalue weighted by Gasteiger charge is -1.93. The monoisotopic (exact) mass is 190 g/mol. The third-order valence-electron chi connectivity index (χ3n) is 2.41. The molecule has 0 fully saturated rings. The van der Waals surface area contributed by atoms with Crippen LogP contribution in [0.1, 0.15) is 12.1 Å². The van der Waals surface area contributed by atoms with Crippen molar-refractivity contribution in [2.75, 3.05) is 6.61 Å². The van der Waals surface area contributed by atoms with Gasteiger partial charge in [-0.25, -0.2) is 0 Å². The molecule has 0 aliphatic rings. The fraction of sp³-hybridized carbons (Fsp3) is 0.364. The smallest absolute Gasteiger partial charge is 0.0704 e. The van der Waals surface area contributed by atoms with Gasteiger partial charge in [0.2, 0.25) is 0 Å². The van der Waals surface area contributed by atoms with Crippen LogP contribution in [0.25, 0.3) is 10.9 Å². The van der Waals surface area contributed by atoms with E-state index in [4.69, 9.17) is 5.11 Å². The first-order valence-electron chi connectivity index (χ1n) is 4.84. The number of hydrogen-bond donors (Lipinski definition) is 1. The lowest BCUT2D eigenvalue weighted by atomic mass is 10.1. The summed E-state index contributed by atoms with van der Waals surface area (Å²) in [6.45, 7) is 0.227. The first-order valence-corrected chi connectivity index (χ1v) is 4.84. The lowest BCUT2D eigenvalue weighted by molar-refractivity contribution is 0.288. The second-order valence-electron chi connectivity index (χ2n) is 3.41. The van der Waals surface area contributed by atoms with Gasteiger partial charge in [0.25, 0.3) is 0 Å². The quantitative estimate of drug-likeness (QED) is 0.796. The van der Waals surface area contributed by atoms with Gasteiger partial charge < -0.3 is 5.11 Å². The summed E-state index contributed by atoms with van der Waals surface area (Å²) in [5.41, 5.74) is 2.23. The Morgan fingerprint density at radius 2 is 2.14 bits per heavy atom. The van der Waals surface area contributed by atoms with Crippen molar-refractivity contribution in [3.05, 3.63) is 30.0 Å². The molecule has 14 heavy (non-hydrogen) atoms. The molecule has 1 aromatic heterocycles. The Morgan fingerprint density at radius 3 is 2.93 bits per heavy atom. The Kier molecular flexibility index (Phi) is 2.50. The molecule has 0 saturated carbocycles. The van der Waals surface area contributed by atoms with Gasteiger partial charge in [0, 0.05) is 19.0 Å². The summed E-state index contributed by atoms with van der Waals surface area (Å²) in [6.07, 6.45) is 1.62. The number of benzene rings is 1. The van der Waals surface area contributed by atoms with Gasteiger partial charge in [-0.1, -0.05) is 18.2 Å². The zero-order chi connectivity index (χ0) is 9.97. The van der Waals surface area contributed by atoms with E-state index >= 15 is 0 Å². The van der Waals surface area contributed by atoms with Gasteiger partial charge in [-0.3, -0.25) is 4.68 Å². The summed E-state index contributed by atoms with van der Waals surface area (Å²) in [4.78, 5) is 0. The molecule has 1 N–H and O–H groups in total. The van der Waals surface area contributed by atoms with Crippen LogP contribution >= 0.6 is 0 Å². The Morgan fingerprint density at radius 1 is 1.36 bits per heavy atom. The maximum atomic E-state index is 8.77. The third kappa shape index (κ3) is 1.51. The highest BCUT2D eigenvalue weighted by Gasteiger charge is 2.06. The predicted octanol–water partition coefficient (Wildman–Crippen LogP) is 1.50. The molecule has 0 aliphatic heterocycles. The molecular weight excluding hydrogens is 176 g/mol. The van der Waals surface area contributed by atoms with Crippen LogP contribution in [0, 0.1) is 0 Å². The number of aliphatic hydroxyl groups excluding tert-OH is 1. The zero-order valence-corrected chi connectivity index (χ0v) is 8.27. The van der Waals surface area contributed by atoms with Crippen molar-refractivity contribution in [1.29, 1.82) is 0 Å². The van der Waals surface area contributed by atoms with Crippen molar-refractivity contribution in [2.24, 2.45) is 7.05 Å². The molecule has 2 rings (SSSR count). The van der Waals surface area contributed by atoms with Gasteiger partial charge in [0.15, 0.2) is 0 Å². The highest BCUT2D eigenvalue weighted by atomic mass is 16.2. The number of fused-ring (bicyclic) bond motifs is 1. The zero-order valence-electron chi connectivity index (χ0n) is 8.27. The summed E-state index contributed by atoms with van der Waals surface area (Å²) >= 11 is 0. The highest BCUT2D eigenvalue weighted by molar-refractivity contribution is 5.81. The fourth-order valence-corrected chi connectivity index (χ4v) is 1.72. The number of hydrogen-bond acceptors (Lipinski definition) is 2. The van der Waals surface area contributed by atoms with E-state index in [9.17, 15) is 0 Å². The van der Waals surface area contributed by atoms with Gasteiger partial charge in [0.1, 0.15) is 0 Å². The Balaban J connectivity index is 2.44. The van der Waals surface area contributed by atoms with Crippen molar-refractivity contribution in [1.82, 2.24) is 9.78 Å². The van der Waals surface area contributed by atoms with Crippen LogP contribution in [0.4, 0.5) is 0 Å². The maximum Gasteiger partial charge on any atom is 0.0704 e. The molecule has 0 amide bonds. The van der Waals surface area contributed by atoms with Crippen LogP contribution in [0.5, 0.6) is 0 Å². The third-order valence-corrected chi connectivity index (χ3v) is 2.41. The van der Waals surface area contributed by atoms with Crippen molar-refractivity contribution >= 4 is 10.9 Å². The minimum atomic E-state index is 0.227. The molecular formula is C11H14N2O. The SMILES string of the molecule is Cn1nc(CCCO)c2ccccc21. The number of aromatic nitrogens is 2. The minimum absolute atomic E-state index is 0.227. The Bertz CT molecular complexity index is 434. The largest absolute Gasteiger partial charge is 0.396 e. The van der Waals surface area contributed by atoms with Gasteiger partial charge in [-0.05, 0) is 18.9 Å². The maximum absolute atomic E-state index is 8.77. The molecule has 0 bridgehead atoms. The van der Waals surface area contributed by atoms with Crippen molar-refractivity contribution in [2.45, 2.75) is 12.8 Å². The fourth-order valence-electron chi connectivity index (χ4n) is 1.72. The molecule has 1 heterocycles. The molecule has 3 heteroatoms. The van der Waals surface area contributed by atoms with Crippen LogP contribution in [0.2, 0.25) is 0 Å². The van der Waals surface area contributed by atoms with Crippen molar-refractivity contribution in [3.8, 4) is 0 Å². The topological polar surface area (TPSA) is 38.0 Å². The van der Waals surface area contributed by atoms with Crippen LogP contribution in [0.3, 0.4) is 0 Å². The molecule has 1 aromatic carbocycles. The number of aryl methyl sites for hydroxylation is 2. The van der Waals surface area contributed by atoms with Crippen molar-refractivity contribution < 1.29 is 5.11 Å². The van der Waals surface area contributed by atoms with E-state index in [0.29, 0.717) is 0 Å². The second-order valence-corrected chi connectivity index (χ2v) is 3.41. The van der Waals surface area contributed by atoms with E-state index in [1.165, 1.54) is 5.39 Å². The van der Waals surface area contributed by atoms with E-state index in [0.717, 1.165) is 24.1 Å². The minimum Gasteiger partial charge on any atom is -0.396 e. The van der Waals surface area contributed by atoms with Crippen LogP contribution < -0.4 is 0 Å². The lowest BCUT2D eigenvalue weighted by Crippen LogP contribution is -1.93. The van der Waals surface area contributed by atoms with Gasteiger partial charge in [-0.15, -0.1) is 0 Å². The summed E-state index contributed by atoms with van der Waals surface area (Å²) in [7, 11) is 1.95. The molecule has 0 unspecified atom stereocenters. The Labute approximate surface area is 83.0 Å². The summed E-state index contributed by atoms with van der Waals surface area (Å²) in [6, 6.07) is 8.17. The standard InChI is InChI=1S/C11H14N2O/c1-13-11-7-3-2-5-9(11)10(12-13)6-4-8-14/h2-3,5,7,14H,4,6,8H2,1H3. The molecule has 0 saturated heterocycles. The average Bonchev–Trinajstić information content (AvgIpc) is 2.54. The highest BCUT2D eigenvalue weighted by Crippen LogP contribution is 2.18. The summed E-state index contributed by atoms with van der Waals surface area (Å²) < 4.78 is 1.89. The van der Waals surface area contributed by atoms with Crippen LogP contribution in [0.15, 0.2) is 24.3 Å². The summed E-state index contributed by atoms with van der Waals surface area (Å²) in [5, 5.41) is 14.4. The van der Waals surface area contributed by atoms with E-state index in [1.54, 1.807) is 0 Å². The predicted molar refractivity (Wildman–Crippen MR) is 56.1 cm³/mol. The molecule has 2 aromatic rings. The number of para-hydroxylation sites is 1. The van der Waals surface area contributed by atoms with Gasteiger partial charge in [0.05, 0.1) is 11.2 Å². The molecule has 3 nitrogen and oxygen atoms in total. The number of nitrogens with zero attached hydrogens (tertiary/aromatic N) is 2. The normalized spacial score (nSPS) is 11.0. The van der Waals surface area contributed by atoms with E-state index in [2.05, 4.69) is 17.2 Å². The molecule has 74 valence electrons. The first kappa shape index (κ1) is 9.21. The second kappa shape index (κ2) is 3.80. The van der Waals surface area contributed by atoms with E-state index in [1.807, 2.05) is 23.9 Å². The molecule has 0 radical (unpaired) electrons. The van der Waals surface area contributed by atoms with Crippen LogP contribution in [-0.4, -0.2) is 21.5 Å². The number of aliphatic hydroxyl groups is 1. The Hall–Kier alpha value is -1.35.